The summed E-state index contributed by atoms with van der Waals surface area (Å²) in [5, 5.41) is 3.76. The number of sulfone groups is 1. The standard InChI is InChI=1S/C14H14F3N3O3S/c15-14(16,17)11-3-1-10(2-4-11)13-18-12(23-19-13)9-20-5-7-24(21,22)8-6-20/h1-4H,5-9H2. The van der Waals surface area contributed by atoms with E-state index in [-0.39, 0.29) is 17.3 Å². The molecule has 0 bridgehead atoms. The van der Waals surface area contributed by atoms with Crippen LogP contribution in [0.1, 0.15) is 11.5 Å². The summed E-state index contributed by atoms with van der Waals surface area (Å²) in [4.78, 5) is 6.03. The first-order valence-electron chi connectivity index (χ1n) is 7.16. The Bertz CT molecular complexity index is 802. The molecule has 130 valence electrons. The van der Waals surface area contributed by atoms with Gasteiger partial charge in [-0.3, -0.25) is 4.90 Å². The predicted octanol–water partition coefficient (Wildman–Crippen LogP) is 1.99. The first-order valence-corrected chi connectivity index (χ1v) is 8.98. The molecule has 1 aromatic heterocycles. The van der Waals surface area contributed by atoms with Crippen LogP contribution in [0, 0.1) is 0 Å². The highest BCUT2D eigenvalue weighted by molar-refractivity contribution is 7.91. The number of nitrogens with zero attached hydrogens (tertiary/aromatic N) is 3. The summed E-state index contributed by atoms with van der Waals surface area (Å²) in [6.07, 6.45) is -4.39. The van der Waals surface area contributed by atoms with Crippen LogP contribution in [0.5, 0.6) is 0 Å². The number of aromatic nitrogens is 2. The molecule has 0 radical (unpaired) electrons. The number of benzene rings is 1. The molecule has 10 heteroatoms. The minimum atomic E-state index is -4.39. The average Bonchev–Trinajstić information content (AvgIpc) is 2.97. The Labute approximate surface area is 136 Å². The third-order valence-corrected chi connectivity index (χ3v) is 5.34. The van der Waals surface area contributed by atoms with Gasteiger partial charge in [-0.05, 0) is 12.1 Å². The summed E-state index contributed by atoms with van der Waals surface area (Å²) in [7, 11) is -2.96. The lowest BCUT2D eigenvalue weighted by atomic mass is 10.1. The van der Waals surface area contributed by atoms with E-state index in [1.807, 2.05) is 4.90 Å². The van der Waals surface area contributed by atoms with Crippen molar-refractivity contribution in [2.45, 2.75) is 12.7 Å². The number of alkyl halides is 3. The maximum absolute atomic E-state index is 12.5. The zero-order valence-electron chi connectivity index (χ0n) is 12.5. The molecule has 0 atom stereocenters. The SMILES string of the molecule is O=S1(=O)CCN(Cc2nc(-c3ccc(C(F)(F)F)cc3)no2)CC1. The van der Waals surface area contributed by atoms with Gasteiger partial charge in [-0.25, -0.2) is 8.42 Å². The van der Waals surface area contributed by atoms with E-state index >= 15 is 0 Å². The Kier molecular flexibility index (Phi) is 4.35. The Morgan fingerprint density at radius 2 is 1.75 bits per heavy atom. The molecule has 0 unspecified atom stereocenters. The molecule has 0 saturated carbocycles. The highest BCUT2D eigenvalue weighted by Crippen LogP contribution is 2.30. The monoisotopic (exact) mass is 361 g/mol. The fourth-order valence-electron chi connectivity index (χ4n) is 2.34. The van der Waals surface area contributed by atoms with E-state index in [9.17, 15) is 21.6 Å². The summed E-state index contributed by atoms with van der Waals surface area (Å²) in [6, 6.07) is 4.48. The number of rotatable bonds is 3. The van der Waals surface area contributed by atoms with E-state index in [0.717, 1.165) is 12.1 Å². The van der Waals surface area contributed by atoms with Crippen LogP contribution in [-0.2, 0) is 22.6 Å². The molecule has 0 spiro atoms. The van der Waals surface area contributed by atoms with Gasteiger partial charge < -0.3 is 4.52 Å². The van der Waals surface area contributed by atoms with Crippen LogP contribution >= 0.6 is 0 Å². The first kappa shape index (κ1) is 16.9. The molecule has 1 saturated heterocycles. The van der Waals surface area contributed by atoms with Crippen LogP contribution in [0.3, 0.4) is 0 Å². The third-order valence-electron chi connectivity index (χ3n) is 3.73. The van der Waals surface area contributed by atoms with Crippen molar-refractivity contribution in [1.82, 2.24) is 15.0 Å². The minimum absolute atomic E-state index is 0.0902. The molecule has 3 rings (SSSR count). The fraction of sp³-hybridized carbons (Fsp3) is 0.429. The lowest BCUT2D eigenvalue weighted by molar-refractivity contribution is -0.137. The van der Waals surface area contributed by atoms with Gasteiger partial charge in [0.05, 0.1) is 23.6 Å². The molecule has 0 aliphatic carbocycles. The molecular weight excluding hydrogens is 347 g/mol. The van der Waals surface area contributed by atoms with Crippen LogP contribution in [0.2, 0.25) is 0 Å². The average molecular weight is 361 g/mol. The van der Waals surface area contributed by atoms with Gasteiger partial charge in [-0.2, -0.15) is 18.2 Å². The van der Waals surface area contributed by atoms with Crippen molar-refractivity contribution in [2.24, 2.45) is 0 Å². The Balaban J connectivity index is 1.67. The van der Waals surface area contributed by atoms with E-state index < -0.39 is 21.6 Å². The molecule has 1 aromatic carbocycles. The van der Waals surface area contributed by atoms with E-state index in [0.29, 0.717) is 31.1 Å². The Hall–Kier alpha value is -1.94. The van der Waals surface area contributed by atoms with E-state index in [2.05, 4.69) is 10.1 Å². The van der Waals surface area contributed by atoms with E-state index in [4.69, 9.17) is 4.52 Å². The quantitative estimate of drug-likeness (QED) is 0.832. The molecule has 1 fully saturated rings. The highest BCUT2D eigenvalue weighted by Gasteiger charge is 2.30. The number of hydrogen-bond donors (Lipinski definition) is 0. The summed E-state index contributed by atoms with van der Waals surface area (Å²) in [6.45, 7) is 1.09. The van der Waals surface area contributed by atoms with Crippen molar-refractivity contribution >= 4 is 9.84 Å². The van der Waals surface area contributed by atoms with Crippen molar-refractivity contribution < 1.29 is 26.1 Å². The third kappa shape index (κ3) is 3.93. The number of hydrogen-bond acceptors (Lipinski definition) is 6. The zero-order valence-corrected chi connectivity index (χ0v) is 13.3. The van der Waals surface area contributed by atoms with Crippen molar-refractivity contribution in [2.75, 3.05) is 24.6 Å². The van der Waals surface area contributed by atoms with Crippen molar-refractivity contribution in [3.8, 4) is 11.4 Å². The second-order valence-electron chi connectivity index (χ2n) is 5.51. The molecule has 0 N–H and O–H groups in total. The first-order chi connectivity index (χ1) is 11.2. The summed E-state index contributed by atoms with van der Waals surface area (Å²) in [5.41, 5.74) is -0.330. The van der Waals surface area contributed by atoms with Gasteiger partial charge in [0.25, 0.3) is 0 Å². The van der Waals surface area contributed by atoms with Crippen molar-refractivity contribution in [3.05, 3.63) is 35.7 Å². The van der Waals surface area contributed by atoms with E-state index in [1.165, 1.54) is 12.1 Å². The Morgan fingerprint density at radius 1 is 1.12 bits per heavy atom. The topological polar surface area (TPSA) is 76.3 Å². The van der Waals surface area contributed by atoms with E-state index in [1.54, 1.807) is 0 Å². The molecule has 6 nitrogen and oxygen atoms in total. The van der Waals surface area contributed by atoms with Gasteiger partial charge in [0.15, 0.2) is 9.84 Å². The van der Waals surface area contributed by atoms with Gasteiger partial charge in [0.2, 0.25) is 11.7 Å². The van der Waals surface area contributed by atoms with Crippen LogP contribution < -0.4 is 0 Å². The lowest BCUT2D eigenvalue weighted by Gasteiger charge is -2.24. The largest absolute Gasteiger partial charge is 0.416 e. The Morgan fingerprint density at radius 3 is 2.33 bits per heavy atom. The molecular formula is C14H14F3N3O3S. The lowest BCUT2D eigenvalue weighted by Crippen LogP contribution is -2.39. The van der Waals surface area contributed by atoms with Crippen molar-refractivity contribution in [1.29, 1.82) is 0 Å². The van der Waals surface area contributed by atoms with Crippen LogP contribution in [0.4, 0.5) is 13.2 Å². The van der Waals surface area contributed by atoms with Gasteiger partial charge >= 0.3 is 6.18 Å². The molecule has 1 aliphatic heterocycles. The molecule has 2 aromatic rings. The zero-order chi connectivity index (χ0) is 17.4. The predicted molar refractivity (Wildman–Crippen MR) is 78.7 cm³/mol. The maximum atomic E-state index is 12.5. The van der Waals surface area contributed by atoms with Gasteiger partial charge in [0, 0.05) is 18.7 Å². The minimum Gasteiger partial charge on any atom is -0.338 e. The molecule has 2 heterocycles. The second kappa shape index (κ2) is 6.17. The molecule has 24 heavy (non-hydrogen) atoms. The number of halogens is 3. The van der Waals surface area contributed by atoms with Gasteiger partial charge in [-0.1, -0.05) is 17.3 Å². The summed E-state index contributed by atoms with van der Waals surface area (Å²) in [5.74, 6) is 0.673. The van der Waals surface area contributed by atoms with Crippen LogP contribution in [0.25, 0.3) is 11.4 Å². The second-order valence-corrected chi connectivity index (χ2v) is 7.82. The molecule has 0 amide bonds. The smallest absolute Gasteiger partial charge is 0.338 e. The highest BCUT2D eigenvalue weighted by atomic mass is 32.2. The van der Waals surface area contributed by atoms with Gasteiger partial charge in [-0.15, -0.1) is 0 Å². The van der Waals surface area contributed by atoms with Crippen LogP contribution in [-0.4, -0.2) is 48.1 Å². The van der Waals surface area contributed by atoms with Gasteiger partial charge in [0.1, 0.15) is 0 Å². The fourth-order valence-corrected chi connectivity index (χ4v) is 3.62. The van der Waals surface area contributed by atoms with Crippen molar-refractivity contribution in [3.63, 3.8) is 0 Å². The van der Waals surface area contributed by atoms with Crippen LogP contribution in [0.15, 0.2) is 28.8 Å². The summed E-state index contributed by atoms with van der Waals surface area (Å²) >= 11 is 0. The molecule has 1 aliphatic rings. The normalized spacial score (nSPS) is 18.6. The summed E-state index contributed by atoms with van der Waals surface area (Å²) < 4.78 is 65.5. The maximum Gasteiger partial charge on any atom is 0.416 e.